The molecule has 3 aromatic rings. The third kappa shape index (κ3) is 2.19. The highest BCUT2D eigenvalue weighted by Crippen LogP contribution is 2.20. The number of rotatable bonds is 4. The summed E-state index contributed by atoms with van der Waals surface area (Å²) in [7, 11) is 0. The average molecular weight is 268 g/mol. The van der Waals surface area contributed by atoms with Crippen LogP contribution in [0, 0.1) is 11.3 Å². The number of nitriles is 1. The van der Waals surface area contributed by atoms with Gasteiger partial charge in [-0.05, 0) is 6.07 Å². The normalized spacial score (nSPS) is 10.8. The second-order valence-corrected chi connectivity index (χ2v) is 4.38. The maximum absolute atomic E-state index is 11.7. The molecule has 100 valence electrons. The van der Waals surface area contributed by atoms with E-state index in [0.29, 0.717) is 18.8 Å². The quantitative estimate of drug-likeness (QED) is 0.613. The van der Waals surface area contributed by atoms with E-state index < -0.39 is 0 Å². The summed E-state index contributed by atoms with van der Waals surface area (Å²) < 4.78 is 0. The molecule has 0 atom stereocenters. The molecular formula is C13H12N6O. The molecule has 3 rings (SSSR count). The molecule has 0 fully saturated rings. The molecular weight excluding hydrogens is 256 g/mol. The van der Waals surface area contributed by atoms with Crippen molar-refractivity contribution in [3.63, 3.8) is 0 Å². The van der Waals surface area contributed by atoms with Crippen molar-refractivity contribution in [3.8, 4) is 6.07 Å². The third-order valence-corrected chi connectivity index (χ3v) is 2.97. The van der Waals surface area contributed by atoms with Crippen LogP contribution in [0.3, 0.4) is 0 Å². The van der Waals surface area contributed by atoms with Crippen LogP contribution in [-0.4, -0.2) is 32.4 Å². The summed E-state index contributed by atoms with van der Waals surface area (Å²) in [6.07, 6.45) is 3.96. The second-order valence-electron chi connectivity index (χ2n) is 4.38. The van der Waals surface area contributed by atoms with Crippen molar-refractivity contribution in [3.05, 3.63) is 24.3 Å². The Balaban J connectivity index is 1.82. The lowest BCUT2D eigenvalue weighted by Gasteiger charge is -1.99. The standard InChI is InChI=1S/C13H12N6O/c14-3-1-4-15-11(20)6-10-18-9-7-17-13-8(2-5-16-13)12(9)19-10/h2,5,7H,1,4,6H2,(H,15,20)(H,16,17)(H,18,19). The van der Waals surface area contributed by atoms with Crippen molar-refractivity contribution in [1.82, 2.24) is 25.3 Å². The number of pyridine rings is 1. The Morgan fingerprint density at radius 1 is 1.50 bits per heavy atom. The number of aromatic amines is 2. The molecule has 0 aliphatic carbocycles. The van der Waals surface area contributed by atoms with Crippen molar-refractivity contribution in [2.75, 3.05) is 6.54 Å². The minimum absolute atomic E-state index is 0.155. The predicted molar refractivity (Wildman–Crippen MR) is 72.7 cm³/mol. The number of imidazole rings is 1. The van der Waals surface area contributed by atoms with Gasteiger partial charge in [-0.2, -0.15) is 5.26 Å². The summed E-state index contributed by atoms with van der Waals surface area (Å²) >= 11 is 0. The molecule has 0 radical (unpaired) electrons. The van der Waals surface area contributed by atoms with Gasteiger partial charge in [0.1, 0.15) is 17.0 Å². The first-order valence-electron chi connectivity index (χ1n) is 6.22. The van der Waals surface area contributed by atoms with Crippen LogP contribution in [0.2, 0.25) is 0 Å². The Morgan fingerprint density at radius 2 is 2.40 bits per heavy atom. The van der Waals surface area contributed by atoms with Gasteiger partial charge >= 0.3 is 0 Å². The molecule has 0 saturated heterocycles. The van der Waals surface area contributed by atoms with Crippen LogP contribution in [0.1, 0.15) is 12.2 Å². The molecule has 0 aromatic carbocycles. The Morgan fingerprint density at radius 3 is 3.25 bits per heavy atom. The number of amides is 1. The Labute approximate surface area is 114 Å². The van der Waals surface area contributed by atoms with Crippen LogP contribution >= 0.6 is 0 Å². The molecule has 3 aromatic heterocycles. The van der Waals surface area contributed by atoms with E-state index in [1.54, 1.807) is 12.4 Å². The topological polar surface area (TPSA) is 110 Å². The molecule has 3 N–H and O–H groups in total. The van der Waals surface area contributed by atoms with Crippen LogP contribution in [0.25, 0.3) is 22.1 Å². The molecule has 7 nitrogen and oxygen atoms in total. The monoisotopic (exact) mass is 268 g/mol. The van der Waals surface area contributed by atoms with Crippen molar-refractivity contribution < 1.29 is 4.79 Å². The van der Waals surface area contributed by atoms with E-state index in [2.05, 4.69) is 25.3 Å². The summed E-state index contributed by atoms with van der Waals surface area (Å²) in [4.78, 5) is 26.5. The summed E-state index contributed by atoms with van der Waals surface area (Å²) in [6.45, 7) is 0.360. The van der Waals surface area contributed by atoms with E-state index in [4.69, 9.17) is 5.26 Å². The predicted octanol–water partition coefficient (Wildman–Crippen LogP) is 1.01. The van der Waals surface area contributed by atoms with Gasteiger partial charge in [0, 0.05) is 18.1 Å². The Hall–Kier alpha value is -2.88. The summed E-state index contributed by atoms with van der Waals surface area (Å²) in [5, 5.41) is 12.0. The van der Waals surface area contributed by atoms with Crippen LogP contribution in [0.4, 0.5) is 0 Å². The largest absolute Gasteiger partial charge is 0.355 e. The first-order valence-corrected chi connectivity index (χ1v) is 6.22. The molecule has 7 heteroatoms. The molecule has 1 amide bonds. The van der Waals surface area contributed by atoms with Gasteiger partial charge in [-0.25, -0.2) is 9.97 Å². The van der Waals surface area contributed by atoms with Gasteiger partial charge in [-0.1, -0.05) is 0 Å². The first-order chi connectivity index (χ1) is 9.78. The molecule has 0 bridgehead atoms. The van der Waals surface area contributed by atoms with Gasteiger partial charge in [-0.15, -0.1) is 0 Å². The summed E-state index contributed by atoms with van der Waals surface area (Å²) in [5.41, 5.74) is 2.38. The van der Waals surface area contributed by atoms with Gasteiger partial charge in [0.2, 0.25) is 5.91 Å². The minimum atomic E-state index is -0.155. The lowest BCUT2D eigenvalue weighted by Crippen LogP contribution is -2.26. The van der Waals surface area contributed by atoms with Crippen LogP contribution in [0.5, 0.6) is 0 Å². The fourth-order valence-electron chi connectivity index (χ4n) is 2.08. The van der Waals surface area contributed by atoms with Crippen molar-refractivity contribution in [2.24, 2.45) is 0 Å². The van der Waals surface area contributed by atoms with E-state index in [-0.39, 0.29) is 12.3 Å². The number of carbonyl (C=O) groups excluding carboxylic acids is 1. The smallest absolute Gasteiger partial charge is 0.227 e. The molecule has 3 heterocycles. The Kier molecular flexibility index (Phi) is 3.05. The number of hydrogen-bond acceptors (Lipinski definition) is 4. The maximum atomic E-state index is 11.7. The van der Waals surface area contributed by atoms with Crippen LogP contribution < -0.4 is 5.32 Å². The van der Waals surface area contributed by atoms with Gasteiger partial charge in [0.25, 0.3) is 0 Å². The molecule has 0 aliphatic rings. The minimum Gasteiger partial charge on any atom is -0.355 e. The van der Waals surface area contributed by atoms with Crippen LogP contribution in [0.15, 0.2) is 18.5 Å². The zero-order chi connectivity index (χ0) is 13.9. The van der Waals surface area contributed by atoms with E-state index in [1.807, 2.05) is 12.1 Å². The number of nitrogens with zero attached hydrogens (tertiary/aromatic N) is 3. The van der Waals surface area contributed by atoms with Crippen molar-refractivity contribution >= 4 is 28.0 Å². The van der Waals surface area contributed by atoms with E-state index >= 15 is 0 Å². The lowest BCUT2D eigenvalue weighted by molar-refractivity contribution is -0.120. The molecule has 20 heavy (non-hydrogen) atoms. The highest BCUT2D eigenvalue weighted by Gasteiger charge is 2.11. The first kappa shape index (κ1) is 12.2. The van der Waals surface area contributed by atoms with E-state index in [1.165, 1.54) is 0 Å². The van der Waals surface area contributed by atoms with Crippen molar-refractivity contribution in [1.29, 1.82) is 5.26 Å². The van der Waals surface area contributed by atoms with E-state index in [9.17, 15) is 4.79 Å². The number of carbonyl (C=O) groups is 1. The number of fused-ring (bicyclic) bond motifs is 3. The number of aromatic nitrogens is 4. The van der Waals surface area contributed by atoms with Gasteiger partial charge in [0.05, 0.1) is 30.6 Å². The SMILES string of the molecule is N#CCCNC(=O)Cc1nc2c(cnc3[nH]ccc32)[nH]1. The maximum Gasteiger partial charge on any atom is 0.227 e. The van der Waals surface area contributed by atoms with Crippen LogP contribution in [-0.2, 0) is 11.2 Å². The summed E-state index contributed by atoms with van der Waals surface area (Å²) in [5.74, 6) is 0.433. The van der Waals surface area contributed by atoms with E-state index in [0.717, 1.165) is 22.1 Å². The van der Waals surface area contributed by atoms with Gasteiger partial charge in [-0.3, -0.25) is 4.79 Å². The lowest BCUT2D eigenvalue weighted by atomic mass is 10.3. The Bertz CT molecular complexity index is 809. The number of nitrogens with one attached hydrogen (secondary N) is 3. The fourth-order valence-corrected chi connectivity index (χ4v) is 2.08. The fraction of sp³-hybridized carbons (Fsp3) is 0.231. The zero-order valence-corrected chi connectivity index (χ0v) is 10.6. The number of H-pyrrole nitrogens is 2. The molecule has 0 spiro atoms. The highest BCUT2D eigenvalue weighted by molar-refractivity contribution is 6.00. The zero-order valence-electron chi connectivity index (χ0n) is 10.6. The third-order valence-electron chi connectivity index (χ3n) is 2.97. The number of hydrogen-bond donors (Lipinski definition) is 3. The second kappa shape index (κ2) is 5.01. The molecule has 0 saturated carbocycles. The van der Waals surface area contributed by atoms with Crippen molar-refractivity contribution in [2.45, 2.75) is 12.8 Å². The van der Waals surface area contributed by atoms with Gasteiger partial charge in [0.15, 0.2) is 0 Å². The molecule has 0 aliphatic heterocycles. The highest BCUT2D eigenvalue weighted by atomic mass is 16.1. The average Bonchev–Trinajstić information content (AvgIpc) is 3.03. The van der Waals surface area contributed by atoms with Gasteiger partial charge < -0.3 is 15.3 Å². The summed E-state index contributed by atoms with van der Waals surface area (Å²) in [6, 6.07) is 3.88. The molecule has 0 unspecified atom stereocenters.